The number of amides is 1. The third-order valence-corrected chi connectivity index (χ3v) is 2.13. The van der Waals surface area contributed by atoms with Crippen molar-refractivity contribution in [2.24, 2.45) is 0 Å². The summed E-state index contributed by atoms with van der Waals surface area (Å²) < 4.78 is 5.39. The molecule has 0 heterocycles. The van der Waals surface area contributed by atoms with Crippen molar-refractivity contribution in [3.63, 3.8) is 0 Å². The van der Waals surface area contributed by atoms with E-state index < -0.39 is 0 Å². The quantitative estimate of drug-likeness (QED) is 0.730. The summed E-state index contributed by atoms with van der Waals surface area (Å²) in [5.74, 6) is 0.726. The van der Waals surface area contributed by atoms with Crippen LogP contribution in [0.3, 0.4) is 0 Å². The fourth-order valence-electron chi connectivity index (χ4n) is 1.26. The zero-order valence-electron chi connectivity index (χ0n) is 9.69. The van der Waals surface area contributed by atoms with Crippen LogP contribution >= 0.6 is 0 Å². The average Bonchev–Trinajstić information content (AvgIpc) is 2.36. The largest absolute Gasteiger partial charge is 0.493 e. The van der Waals surface area contributed by atoms with Gasteiger partial charge in [-0.2, -0.15) is 5.26 Å². The first kappa shape index (κ1) is 13.0. The molecule has 4 nitrogen and oxygen atoms in total. The summed E-state index contributed by atoms with van der Waals surface area (Å²) in [6.07, 6.45) is 1.50. The van der Waals surface area contributed by atoms with E-state index in [9.17, 15) is 4.79 Å². The fraction of sp³-hybridized carbons (Fsp3) is 0.385. The van der Waals surface area contributed by atoms with Crippen LogP contribution in [-0.2, 0) is 4.79 Å². The summed E-state index contributed by atoms with van der Waals surface area (Å²) in [4.78, 5) is 11.3. The summed E-state index contributed by atoms with van der Waals surface area (Å²) in [5.41, 5.74) is 0. The van der Waals surface area contributed by atoms with Crippen molar-refractivity contribution >= 4 is 5.91 Å². The van der Waals surface area contributed by atoms with Crippen LogP contribution in [-0.4, -0.2) is 19.1 Å². The minimum atomic E-state index is -0.0427. The second-order valence-electron chi connectivity index (χ2n) is 3.52. The smallest absolute Gasteiger partial charge is 0.223 e. The van der Waals surface area contributed by atoms with Crippen molar-refractivity contribution in [1.82, 2.24) is 5.32 Å². The number of hydrogen-bond acceptors (Lipinski definition) is 3. The Kier molecular flexibility index (Phi) is 6.27. The topological polar surface area (TPSA) is 62.1 Å². The standard InChI is InChI=1S/C13H16N2O2/c14-9-4-5-10-15-13(16)8-11-17-12-6-2-1-3-7-12/h1-3,6-7H,4-5,8,10-11H2,(H,15,16). The molecule has 1 amide bonds. The van der Waals surface area contributed by atoms with E-state index in [0.29, 0.717) is 32.4 Å². The van der Waals surface area contributed by atoms with Crippen molar-refractivity contribution in [3.05, 3.63) is 30.3 Å². The maximum Gasteiger partial charge on any atom is 0.223 e. The maximum atomic E-state index is 11.3. The van der Waals surface area contributed by atoms with Crippen molar-refractivity contribution in [2.75, 3.05) is 13.2 Å². The number of hydrogen-bond donors (Lipinski definition) is 1. The van der Waals surface area contributed by atoms with E-state index in [0.717, 1.165) is 5.75 Å². The summed E-state index contributed by atoms with van der Waals surface area (Å²) >= 11 is 0. The highest BCUT2D eigenvalue weighted by Gasteiger charge is 2.00. The molecule has 0 unspecified atom stereocenters. The molecule has 1 rings (SSSR count). The molecule has 90 valence electrons. The van der Waals surface area contributed by atoms with Gasteiger partial charge >= 0.3 is 0 Å². The highest BCUT2D eigenvalue weighted by Crippen LogP contribution is 2.08. The van der Waals surface area contributed by atoms with E-state index in [2.05, 4.69) is 5.32 Å². The lowest BCUT2D eigenvalue weighted by atomic mass is 10.3. The van der Waals surface area contributed by atoms with Gasteiger partial charge in [0.15, 0.2) is 0 Å². The average molecular weight is 232 g/mol. The molecule has 1 aromatic rings. The predicted molar refractivity (Wildman–Crippen MR) is 64.4 cm³/mol. The van der Waals surface area contributed by atoms with E-state index in [-0.39, 0.29) is 5.91 Å². The van der Waals surface area contributed by atoms with E-state index in [1.807, 2.05) is 36.4 Å². The molecule has 0 spiro atoms. The zero-order chi connectivity index (χ0) is 12.3. The minimum Gasteiger partial charge on any atom is -0.493 e. The molecule has 0 radical (unpaired) electrons. The molecule has 17 heavy (non-hydrogen) atoms. The van der Waals surface area contributed by atoms with Gasteiger partial charge in [-0.15, -0.1) is 0 Å². The first-order valence-electron chi connectivity index (χ1n) is 5.64. The number of nitriles is 1. The molecule has 0 bridgehead atoms. The Labute approximate surface area is 101 Å². The van der Waals surface area contributed by atoms with Crippen LogP contribution < -0.4 is 10.1 Å². The van der Waals surface area contributed by atoms with Gasteiger partial charge < -0.3 is 10.1 Å². The third-order valence-electron chi connectivity index (χ3n) is 2.13. The Bertz CT molecular complexity index is 371. The van der Waals surface area contributed by atoms with Crippen LogP contribution in [0.1, 0.15) is 19.3 Å². The minimum absolute atomic E-state index is 0.0427. The van der Waals surface area contributed by atoms with Gasteiger partial charge in [0.25, 0.3) is 0 Å². The van der Waals surface area contributed by atoms with Crippen LogP contribution in [0.5, 0.6) is 5.75 Å². The van der Waals surface area contributed by atoms with Gasteiger partial charge in [0.2, 0.25) is 5.91 Å². The normalized spacial score (nSPS) is 9.35. The molecule has 0 aliphatic carbocycles. The Hall–Kier alpha value is -2.02. The SMILES string of the molecule is N#CCCCNC(=O)CCOc1ccccc1. The molecule has 0 saturated carbocycles. The van der Waals surface area contributed by atoms with Crippen LogP contribution in [0.25, 0.3) is 0 Å². The number of para-hydroxylation sites is 1. The van der Waals surface area contributed by atoms with E-state index in [4.69, 9.17) is 10.00 Å². The van der Waals surface area contributed by atoms with Crippen LogP contribution in [0, 0.1) is 11.3 Å². The number of rotatable bonds is 7. The van der Waals surface area contributed by atoms with Gasteiger partial charge in [-0.1, -0.05) is 18.2 Å². The third kappa shape index (κ3) is 6.21. The molecule has 0 aliphatic heterocycles. The highest BCUT2D eigenvalue weighted by molar-refractivity contribution is 5.75. The lowest BCUT2D eigenvalue weighted by Gasteiger charge is -2.06. The van der Waals surface area contributed by atoms with Gasteiger partial charge in [0.1, 0.15) is 5.75 Å². The van der Waals surface area contributed by atoms with E-state index in [1.165, 1.54) is 0 Å². The Morgan fingerprint density at radius 1 is 1.35 bits per heavy atom. The van der Waals surface area contributed by atoms with Crippen molar-refractivity contribution in [2.45, 2.75) is 19.3 Å². The number of carbonyl (C=O) groups excluding carboxylic acids is 1. The van der Waals surface area contributed by atoms with Gasteiger partial charge in [0.05, 0.1) is 19.1 Å². The fourth-order valence-corrected chi connectivity index (χ4v) is 1.26. The molecular formula is C13H16N2O2. The Balaban J connectivity index is 2.07. The van der Waals surface area contributed by atoms with Crippen molar-refractivity contribution in [1.29, 1.82) is 5.26 Å². The number of ether oxygens (including phenoxy) is 1. The molecule has 0 aliphatic rings. The van der Waals surface area contributed by atoms with Crippen LogP contribution in [0.15, 0.2) is 30.3 Å². The Morgan fingerprint density at radius 2 is 2.12 bits per heavy atom. The molecule has 1 N–H and O–H groups in total. The maximum absolute atomic E-state index is 11.3. The molecule has 0 aromatic heterocycles. The van der Waals surface area contributed by atoms with Gasteiger partial charge in [-0.3, -0.25) is 4.79 Å². The number of unbranched alkanes of at least 4 members (excludes halogenated alkanes) is 1. The second-order valence-corrected chi connectivity index (χ2v) is 3.52. The number of carbonyl (C=O) groups is 1. The molecule has 0 atom stereocenters. The van der Waals surface area contributed by atoms with Crippen molar-refractivity contribution in [3.8, 4) is 11.8 Å². The number of benzene rings is 1. The summed E-state index contributed by atoms with van der Waals surface area (Å²) in [7, 11) is 0. The predicted octanol–water partition coefficient (Wildman–Crippen LogP) is 1.88. The van der Waals surface area contributed by atoms with Crippen molar-refractivity contribution < 1.29 is 9.53 Å². The first-order valence-corrected chi connectivity index (χ1v) is 5.64. The molecule has 4 heteroatoms. The van der Waals surface area contributed by atoms with Crippen LogP contribution in [0.2, 0.25) is 0 Å². The first-order chi connectivity index (χ1) is 8.33. The lowest BCUT2D eigenvalue weighted by molar-refractivity contribution is -0.121. The van der Waals surface area contributed by atoms with E-state index in [1.54, 1.807) is 0 Å². The lowest BCUT2D eigenvalue weighted by Crippen LogP contribution is -2.25. The van der Waals surface area contributed by atoms with Gasteiger partial charge in [0, 0.05) is 13.0 Å². The summed E-state index contributed by atoms with van der Waals surface area (Å²) in [6, 6.07) is 11.4. The molecular weight excluding hydrogens is 216 g/mol. The summed E-state index contributed by atoms with van der Waals surface area (Å²) in [6.45, 7) is 0.922. The number of nitrogens with one attached hydrogen (secondary N) is 1. The van der Waals surface area contributed by atoms with Crippen LogP contribution in [0.4, 0.5) is 0 Å². The second kappa shape index (κ2) is 8.17. The van der Waals surface area contributed by atoms with Gasteiger partial charge in [-0.05, 0) is 18.6 Å². The Morgan fingerprint density at radius 3 is 2.82 bits per heavy atom. The zero-order valence-corrected chi connectivity index (χ0v) is 9.69. The van der Waals surface area contributed by atoms with E-state index >= 15 is 0 Å². The monoisotopic (exact) mass is 232 g/mol. The number of nitrogens with zero attached hydrogens (tertiary/aromatic N) is 1. The molecule has 0 fully saturated rings. The summed E-state index contributed by atoms with van der Waals surface area (Å²) in [5, 5.41) is 11.0. The highest BCUT2D eigenvalue weighted by atomic mass is 16.5. The molecule has 1 aromatic carbocycles. The molecule has 0 saturated heterocycles. The van der Waals surface area contributed by atoms with Gasteiger partial charge in [-0.25, -0.2) is 0 Å².